The molecule has 2 aliphatic heterocycles. The lowest BCUT2D eigenvalue weighted by Crippen LogP contribution is -2.51. The van der Waals surface area contributed by atoms with Crippen LogP contribution in [0, 0.1) is 0 Å². The number of halogens is 4. The fraction of sp³-hybridized carbons (Fsp3) is 0.388. The number of hydrogen-bond donors (Lipinski definition) is 5. The lowest BCUT2D eigenvalue weighted by Gasteiger charge is -2.27. The molecule has 382 valence electrons. The zero-order valence-electron chi connectivity index (χ0n) is 38.5. The van der Waals surface area contributed by atoms with Gasteiger partial charge in [-0.2, -0.15) is 0 Å². The summed E-state index contributed by atoms with van der Waals surface area (Å²) in [6, 6.07) is 21.8. The van der Waals surface area contributed by atoms with Gasteiger partial charge < -0.3 is 49.6 Å². The lowest BCUT2D eigenvalue weighted by atomic mass is 9.83. The number of Topliss-reactive ketones (excluding diaryl/α,β-unsaturated/α-hetero) is 1. The molecule has 22 heteroatoms. The molecule has 0 aromatic heterocycles. The third kappa shape index (κ3) is 17.0. The van der Waals surface area contributed by atoms with Crippen molar-refractivity contribution in [2.75, 3.05) is 78.9 Å². The fourth-order valence-corrected chi connectivity index (χ4v) is 8.64. The van der Waals surface area contributed by atoms with Crippen molar-refractivity contribution in [2.45, 2.75) is 43.9 Å². The van der Waals surface area contributed by atoms with Crippen LogP contribution in [0.25, 0.3) is 0 Å². The Morgan fingerprint density at radius 1 is 0.606 bits per heavy atom. The number of ether oxygens (including phenoxy) is 5. The van der Waals surface area contributed by atoms with Crippen molar-refractivity contribution in [3.8, 4) is 11.5 Å². The molecule has 71 heavy (non-hydrogen) atoms. The Morgan fingerprint density at radius 2 is 1.04 bits per heavy atom. The van der Waals surface area contributed by atoms with Gasteiger partial charge in [0.05, 0.1) is 36.5 Å². The maximum atomic E-state index is 13.9. The van der Waals surface area contributed by atoms with E-state index in [-0.39, 0.29) is 69.0 Å². The van der Waals surface area contributed by atoms with Gasteiger partial charge in [-0.25, -0.2) is 4.79 Å². The fourth-order valence-electron chi connectivity index (χ4n) is 7.35. The second-order valence-corrected chi connectivity index (χ2v) is 17.7. The molecule has 2 aliphatic rings. The van der Waals surface area contributed by atoms with Crippen LogP contribution in [0.3, 0.4) is 0 Å². The van der Waals surface area contributed by atoms with Crippen LogP contribution >= 0.6 is 46.4 Å². The summed E-state index contributed by atoms with van der Waals surface area (Å²) in [5.74, 6) is -10.3. The molecule has 0 aliphatic carbocycles. The standard InChI is InChI=1S/C29H32Cl4N2O9.C20H22N2O5/c30-17-1-3-19(43-15-9-34-5-11-41-12-6-34)25(32)21(17)23(28(37)38)27(36)24(29(39)40)22-18(31)2-4-20(26(22)33)44-16-10-35-7-13-42-14-8-35;1-14(19(24)25)21-18(23)17(12-15-8-4-2-5-9-15)22-20(26)27-13-16-10-6-3-7-11-16/h1-4,23-24H,5-16H2,(H,37,38)(H,39,40);2-11,14,17H,12-13H2,1H3,(H,21,23)(H,22,26)(H,24,25)/t;14-,17-/m.0/s1. The molecule has 18 nitrogen and oxygen atoms in total. The van der Waals surface area contributed by atoms with Gasteiger partial charge in [0.15, 0.2) is 5.78 Å². The van der Waals surface area contributed by atoms with Gasteiger partial charge in [-0.05, 0) is 42.3 Å². The molecule has 4 aromatic carbocycles. The highest BCUT2D eigenvalue weighted by Gasteiger charge is 2.43. The van der Waals surface area contributed by atoms with E-state index < -0.39 is 59.6 Å². The first kappa shape index (κ1) is 56.2. The number of aliphatic carboxylic acids is 3. The summed E-state index contributed by atoms with van der Waals surface area (Å²) in [6.45, 7) is 8.35. The molecule has 4 aromatic rings. The van der Waals surface area contributed by atoms with Crippen molar-refractivity contribution in [1.29, 1.82) is 0 Å². The highest BCUT2D eigenvalue weighted by molar-refractivity contribution is 6.40. The second kappa shape index (κ2) is 28.4. The SMILES string of the molecule is C[C@H](NC(=O)[C@H](Cc1ccccc1)NC(=O)OCc1ccccc1)C(=O)O.O=C(O)C(C(=O)C(C(=O)O)c1c(Cl)ccc(OCCN2CCOCC2)c1Cl)c1c(Cl)ccc(OCCN2CCOCC2)c1Cl. The minimum atomic E-state index is -2.09. The van der Waals surface area contributed by atoms with E-state index in [1.165, 1.54) is 31.2 Å². The predicted molar refractivity (Wildman–Crippen MR) is 263 cm³/mol. The number of morpholine rings is 2. The van der Waals surface area contributed by atoms with E-state index in [9.17, 15) is 39.0 Å². The van der Waals surface area contributed by atoms with E-state index >= 15 is 0 Å². The maximum absolute atomic E-state index is 13.9. The molecule has 0 saturated carbocycles. The monoisotopic (exact) mass is 1060 g/mol. The van der Waals surface area contributed by atoms with Gasteiger partial charge in [0, 0.05) is 66.9 Å². The average molecular weight is 1060 g/mol. The number of carbonyl (C=O) groups excluding carboxylic acids is 3. The van der Waals surface area contributed by atoms with Gasteiger partial charge >= 0.3 is 24.0 Å². The number of nitrogens with one attached hydrogen (secondary N) is 2. The molecule has 2 saturated heterocycles. The first-order valence-corrected chi connectivity index (χ1v) is 23.9. The van der Waals surface area contributed by atoms with Crippen molar-refractivity contribution >= 4 is 82.1 Å². The van der Waals surface area contributed by atoms with Crippen LogP contribution in [0.15, 0.2) is 84.9 Å². The highest BCUT2D eigenvalue weighted by Crippen LogP contribution is 2.44. The number of alkyl carbamates (subject to hydrolysis) is 1. The Morgan fingerprint density at radius 3 is 1.46 bits per heavy atom. The quantitative estimate of drug-likeness (QED) is 0.0532. The largest absolute Gasteiger partial charge is 0.491 e. The summed E-state index contributed by atoms with van der Waals surface area (Å²) in [6.07, 6.45) is -0.544. The van der Waals surface area contributed by atoms with E-state index in [0.717, 1.165) is 37.3 Å². The molecule has 4 atom stereocenters. The Kier molecular flexibility index (Phi) is 22.5. The summed E-state index contributed by atoms with van der Waals surface area (Å²) in [4.78, 5) is 78.8. The minimum absolute atomic E-state index is 0.0673. The van der Waals surface area contributed by atoms with E-state index in [1.807, 2.05) is 60.7 Å². The topological polar surface area (TPSA) is 240 Å². The van der Waals surface area contributed by atoms with Crippen LogP contribution < -0.4 is 20.1 Å². The molecular weight excluding hydrogens is 1010 g/mol. The van der Waals surface area contributed by atoms with E-state index in [2.05, 4.69) is 20.4 Å². The Bertz CT molecular complexity index is 2340. The van der Waals surface area contributed by atoms with Crippen molar-refractivity contribution in [2.24, 2.45) is 0 Å². The molecule has 2 heterocycles. The summed E-state index contributed by atoms with van der Waals surface area (Å²) in [7, 11) is 0. The first-order chi connectivity index (χ1) is 34.0. The third-order valence-corrected chi connectivity index (χ3v) is 12.6. The summed E-state index contributed by atoms with van der Waals surface area (Å²) in [5, 5.41) is 33.5. The molecule has 6 rings (SSSR count). The van der Waals surface area contributed by atoms with Gasteiger partial charge in [-0.3, -0.25) is 33.8 Å². The molecule has 2 unspecified atom stereocenters. The summed E-state index contributed by atoms with van der Waals surface area (Å²) < 4.78 is 27.4. The van der Waals surface area contributed by atoms with Gasteiger partial charge in [0.1, 0.15) is 55.2 Å². The van der Waals surface area contributed by atoms with Crippen molar-refractivity contribution in [1.82, 2.24) is 20.4 Å². The smallest absolute Gasteiger partial charge is 0.408 e. The number of ketones is 1. The van der Waals surface area contributed by atoms with Crippen LogP contribution in [-0.4, -0.2) is 152 Å². The van der Waals surface area contributed by atoms with Crippen molar-refractivity contribution in [3.05, 3.63) is 127 Å². The Balaban J connectivity index is 0.000000297. The first-order valence-electron chi connectivity index (χ1n) is 22.4. The van der Waals surface area contributed by atoms with Gasteiger partial charge in [-0.1, -0.05) is 107 Å². The molecule has 0 spiro atoms. The molecule has 2 amide bonds. The van der Waals surface area contributed by atoms with E-state index in [4.69, 9.17) is 75.2 Å². The minimum Gasteiger partial charge on any atom is -0.491 e. The molecule has 0 radical (unpaired) electrons. The number of hydrogen-bond acceptors (Lipinski definition) is 13. The third-order valence-electron chi connectivity index (χ3n) is 11.2. The van der Waals surface area contributed by atoms with Crippen LogP contribution in [-0.2, 0) is 51.2 Å². The summed E-state index contributed by atoms with van der Waals surface area (Å²) >= 11 is 25.9. The Hall–Kier alpha value is -5.70. The molecule has 5 N–H and O–H groups in total. The second-order valence-electron chi connectivity index (χ2n) is 16.1. The van der Waals surface area contributed by atoms with Crippen molar-refractivity contribution < 1.29 is 67.8 Å². The summed E-state index contributed by atoms with van der Waals surface area (Å²) in [5.41, 5.74) is 1.04. The highest BCUT2D eigenvalue weighted by atomic mass is 35.5. The number of rotatable bonds is 22. The number of carboxylic acid groups (broad SMARTS) is 3. The van der Waals surface area contributed by atoms with Gasteiger partial charge in [-0.15, -0.1) is 0 Å². The maximum Gasteiger partial charge on any atom is 0.408 e. The van der Waals surface area contributed by atoms with Gasteiger partial charge in [0.25, 0.3) is 0 Å². The number of nitrogens with zero attached hydrogens (tertiary/aromatic N) is 2. The van der Waals surface area contributed by atoms with E-state index in [0.29, 0.717) is 39.5 Å². The van der Waals surface area contributed by atoms with Gasteiger partial charge in [0.2, 0.25) is 5.91 Å². The van der Waals surface area contributed by atoms with Crippen LogP contribution in [0.1, 0.15) is 41.0 Å². The lowest BCUT2D eigenvalue weighted by molar-refractivity contribution is -0.147. The zero-order valence-corrected chi connectivity index (χ0v) is 41.6. The molecular formula is C49H54Cl4N4O14. The Labute approximate surface area is 429 Å². The number of carbonyl (C=O) groups is 6. The molecule has 2 fully saturated rings. The number of amides is 2. The molecule has 0 bridgehead atoms. The van der Waals surface area contributed by atoms with Crippen LogP contribution in [0.4, 0.5) is 4.79 Å². The zero-order chi connectivity index (χ0) is 51.5. The number of carboxylic acids is 3. The van der Waals surface area contributed by atoms with E-state index in [1.54, 1.807) is 0 Å². The average Bonchev–Trinajstić information content (AvgIpc) is 3.35. The predicted octanol–water partition coefficient (Wildman–Crippen LogP) is 6.44. The number of benzene rings is 4. The normalized spacial score (nSPS) is 15.6. The van der Waals surface area contributed by atoms with Crippen LogP contribution in [0.5, 0.6) is 11.5 Å². The van der Waals surface area contributed by atoms with Crippen molar-refractivity contribution in [3.63, 3.8) is 0 Å². The van der Waals surface area contributed by atoms with Crippen LogP contribution in [0.2, 0.25) is 20.1 Å².